The number of urea groups is 1. The Morgan fingerprint density at radius 3 is 2.34 bits per heavy atom. The number of amides is 4. The smallest absolute Gasteiger partial charge is 0.338 e. The van der Waals surface area contributed by atoms with Crippen LogP contribution in [0.25, 0.3) is 11.8 Å². The van der Waals surface area contributed by atoms with Gasteiger partial charge in [-0.15, -0.1) is 0 Å². The number of aromatic nitrogens is 1. The Balaban J connectivity index is 1.70. The van der Waals surface area contributed by atoms with Crippen LogP contribution in [0.3, 0.4) is 0 Å². The Morgan fingerprint density at radius 1 is 0.971 bits per heavy atom. The van der Waals surface area contributed by atoms with E-state index in [2.05, 4.69) is 5.32 Å². The number of imide groups is 2. The molecule has 0 atom stereocenters. The van der Waals surface area contributed by atoms with E-state index in [0.29, 0.717) is 23.4 Å². The predicted molar refractivity (Wildman–Crippen MR) is 131 cm³/mol. The van der Waals surface area contributed by atoms with Crippen molar-refractivity contribution in [3.63, 3.8) is 0 Å². The fraction of sp³-hybridized carbons (Fsp3) is 0.185. The zero-order valence-electron chi connectivity index (χ0n) is 19.9. The molecule has 0 radical (unpaired) electrons. The number of carbonyl (C=O) groups is 4. The van der Waals surface area contributed by atoms with Gasteiger partial charge in [-0.2, -0.15) is 0 Å². The average Bonchev–Trinajstić information content (AvgIpc) is 3.09. The van der Waals surface area contributed by atoms with Gasteiger partial charge in [0.2, 0.25) is 0 Å². The van der Waals surface area contributed by atoms with Crippen LogP contribution in [0, 0.1) is 20.8 Å². The average molecular weight is 472 g/mol. The molecule has 1 fully saturated rings. The number of carbonyl (C=O) groups excluding carboxylic acids is 4. The Kier molecular flexibility index (Phi) is 6.38. The van der Waals surface area contributed by atoms with Gasteiger partial charge in [-0.05, 0) is 87.4 Å². The number of nitrogens with one attached hydrogen (secondary N) is 1. The molecule has 0 spiro atoms. The Hall–Kier alpha value is -4.46. The van der Waals surface area contributed by atoms with Gasteiger partial charge in [0.05, 0.1) is 17.9 Å². The fourth-order valence-corrected chi connectivity index (χ4v) is 4.11. The molecule has 2 heterocycles. The summed E-state index contributed by atoms with van der Waals surface area (Å²) in [5.41, 5.74) is 4.71. The number of benzene rings is 2. The molecule has 8 heteroatoms. The number of nitrogens with zero attached hydrogens (tertiary/aromatic N) is 2. The summed E-state index contributed by atoms with van der Waals surface area (Å²) in [6.45, 7) is 7.68. The zero-order chi connectivity index (χ0) is 25.3. The molecular formula is C27H25N3O5. The van der Waals surface area contributed by atoms with E-state index in [9.17, 15) is 19.2 Å². The van der Waals surface area contributed by atoms with Crippen molar-refractivity contribution < 1.29 is 23.9 Å². The van der Waals surface area contributed by atoms with Gasteiger partial charge in [0.25, 0.3) is 11.8 Å². The first-order chi connectivity index (χ1) is 16.7. The monoisotopic (exact) mass is 471 g/mol. The SMILES string of the molecule is CCOC(=O)c1ccc(-n2c(C)cc(C=C3C(=O)NC(=O)N(c4cccc(C)c4)C3=O)c2C)cc1. The first-order valence-electron chi connectivity index (χ1n) is 11.2. The van der Waals surface area contributed by atoms with Gasteiger partial charge in [-0.1, -0.05) is 12.1 Å². The Bertz CT molecular complexity index is 1380. The van der Waals surface area contributed by atoms with Crippen LogP contribution in [0.1, 0.15) is 39.8 Å². The van der Waals surface area contributed by atoms with Gasteiger partial charge < -0.3 is 9.30 Å². The molecule has 3 aromatic rings. The van der Waals surface area contributed by atoms with Crippen molar-refractivity contribution in [3.05, 3.63) is 88.2 Å². The second-order valence-electron chi connectivity index (χ2n) is 8.23. The van der Waals surface area contributed by atoms with Crippen molar-refractivity contribution in [1.82, 2.24) is 9.88 Å². The van der Waals surface area contributed by atoms with E-state index < -0.39 is 17.8 Å². The predicted octanol–water partition coefficient (Wildman–Crippen LogP) is 4.25. The second kappa shape index (κ2) is 9.42. The maximum atomic E-state index is 13.2. The van der Waals surface area contributed by atoms with Gasteiger partial charge in [-0.3, -0.25) is 14.9 Å². The summed E-state index contributed by atoms with van der Waals surface area (Å²) >= 11 is 0. The molecule has 4 amide bonds. The molecule has 0 saturated carbocycles. The van der Waals surface area contributed by atoms with Crippen molar-refractivity contribution in [2.75, 3.05) is 11.5 Å². The quantitative estimate of drug-likeness (QED) is 0.341. The molecule has 0 unspecified atom stereocenters. The lowest BCUT2D eigenvalue weighted by Gasteiger charge is -2.26. The topological polar surface area (TPSA) is 97.7 Å². The van der Waals surface area contributed by atoms with Crippen LogP contribution in [0.15, 0.2) is 60.2 Å². The minimum atomic E-state index is -0.782. The molecule has 1 aliphatic heterocycles. The first-order valence-corrected chi connectivity index (χ1v) is 11.2. The van der Waals surface area contributed by atoms with Crippen molar-refractivity contribution in [2.24, 2.45) is 0 Å². The summed E-state index contributed by atoms with van der Waals surface area (Å²) in [6, 6.07) is 15.0. The van der Waals surface area contributed by atoms with Crippen LogP contribution >= 0.6 is 0 Å². The van der Waals surface area contributed by atoms with Crippen molar-refractivity contribution >= 4 is 35.6 Å². The number of barbiturate groups is 1. The lowest BCUT2D eigenvalue weighted by Crippen LogP contribution is -2.54. The van der Waals surface area contributed by atoms with Crippen LogP contribution < -0.4 is 10.2 Å². The van der Waals surface area contributed by atoms with E-state index in [1.165, 1.54) is 6.08 Å². The molecule has 0 bridgehead atoms. The summed E-state index contributed by atoms with van der Waals surface area (Å²) in [5.74, 6) is -1.82. The minimum Gasteiger partial charge on any atom is -0.462 e. The highest BCUT2D eigenvalue weighted by Crippen LogP contribution is 2.26. The molecule has 8 nitrogen and oxygen atoms in total. The van der Waals surface area contributed by atoms with E-state index in [4.69, 9.17) is 4.74 Å². The van der Waals surface area contributed by atoms with E-state index in [1.807, 2.05) is 37.5 Å². The summed E-state index contributed by atoms with van der Waals surface area (Å²) < 4.78 is 6.99. The van der Waals surface area contributed by atoms with Crippen LogP contribution in [-0.2, 0) is 14.3 Å². The van der Waals surface area contributed by atoms with Crippen LogP contribution in [0.5, 0.6) is 0 Å². The molecule has 178 valence electrons. The lowest BCUT2D eigenvalue weighted by atomic mass is 10.1. The van der Waals surface area contributed by atoms with E-state index in [-0.39, 0.29) is 11.5 Å². The number of aryl methyl sites for hydroxylation is 2. The van der Waals surface area contributed by atoms with E-state index >= 15 is 0 Å². The molecule has 2 aromatic carbocycles. The summed E-state index contributed by atoms with van der Waals surface area (Å²) in [7, 11) is 0. The summed E-state index contributed by atoms with van der Waals surface area (Å²) in [6.07, 6.45) is 1.50. The van der Waals surface area contributed by atoms with Crippen molar-refractivity contribution in [2.45, 2.75) is 27.7 Å². The maximum absolute atomic E-state index is 13.2. The van der Waals surface area contributed by atoms with Crippen LogP contribution in [0.2, 0.25) is 0 Å². The molecule has 1 N–H and O–H groups in total. The zero-order valence-corrected chi connectivity index (χ0v) is 19.9. The van der Waals surface area contributed by atoms with Crippen molar-refractivity contribution in [1.29, 1.82) is 0 Å². The second-order valence-corrected chi connectivity index (χ2v) is 8.23. The number of rotatable bonds is 5. The minimum absolute atomic E-state index is 0.135. The van der Waals surface area contributed by atoms with Crippen molar-refractivity contribution in [3.8, 4) is 5.69 Å². The van der Waals surface area contributed by atoms with E-state index in [1.54, 1.807) is 49.4 Å². The van der Waals surface area contributed by atoms with Gasteiger partial charge in [0.1, 0.15) is 5.57 Å². The number of hydrogen-bond donors (Lipinski definition) is 1. The fourth-order valence-electron chi connectivity index (χ4n) is 4.11. The maximum Gasteiger partial charge on any atom is 0.338 e. The molecule has 0 aliphatic carbocycles. The highest BCUT2D eigenvalue weighted by molar-refractivity contribution is 6.39. The molecule has 4 rings (SSSR count). The first kappa shape index (κ1) is 23.7. The van der Waals surface area contributed by atoms with Crippen LogP contribution in [0.4, 0.5) is 10.5 Å². The highest BCUT2D eigenvalue weighted by atomic mass is 16.5. The van der Waals surface area contributed by atoms with E-state index in [0.717, 1.165) is 27.5 Å². The van der Waals surface area contributed by atoms with Gasteiger partial charge in [0.15, 0.2) is 0 Å². The third kappa shape index (κ3) is 4.50. The molecule has 1 aromatic heterocycles. The summed E-state index contributed by atoms with van der Waals surface area (Å²) in [4.78, 5) is 51.2. The number of hydrogen-bond acceptors (Lipinski definition) is 5. The Labute approximate surface area is 202 Å². The lowest BCUT2D eigenvalue weighted by molar-refractivity contribution is -0.122. The molecule has 1 aliphatic rings. The summed E-state index contributed by atoms with van der Waals surface area (Å²) in [5, 5.41) is 2.26. The standard InChI is InChI=1S/C27H25N3O5/c1-5-35-26(33)19-9-11-21(12-10-19)29-17(3)14-20(18(29)4)15-23-24(31)28-27(34)30(25(23)32)22-8-6-7-16(2)13-22/h6-15H,5H2,1-4H3,(H,28,31,34). The number of ether oxygens (including phenoxy) is 1. The van der Waals surface area contributed by atoms with Gasteiger partial charge in [0, 0.05) is 17.1 Å². The Morgan fingerprint density at radius 2 is 1.69 bits per heavy atom. The number of esters is 1. The molecule has 35 heavy (non-hydrogen) atoms. The third-order valence-electron chi connectivity index (χ3n) is 5.77. The molecule has 1 saturated heterocycles. The highest BCUT2D eigenvalue weighted by Gasteiger charge is 2.37. The van der Waals surface area contributed by atoms with Gasteiger partial charge >= 0.3 is 12.0 Å². The normalized spacial score (nSPS) is 14.9. The molecular weight excluding hydrogens is 446 g/mol. The van der Waals surface area contributed by atoms with Crippen LogP contribution in [-0.4, -0.2) is 35.0 Å². The largest absolute Gasteiger partial charge is 0.462 e. The third-order valence-corrected chi connectivity index (χ3v) is 5.77. The number of anilines is 1. The van der Waals surface area contributed by atoms with Gasteiger partial charge in [-0.25, -0.2) is 14.5 Å².